The van der Waals surface area contributed by atoms with Crippen LogP contribution in [0.15, 0.2) is 255 Å². The Morgan fingerprint density at radius 3 is 1.04 bits per heavy atom. The zero-order valence-electron chi connectivity index (χ0n) is 42.6. The summed E-state index contributed by atoms with van der Waals surface area (Å²) in [5.41, 5.74) is 2.24. The Hall–Kier alpha value is -8.94. The molecule has 376 valence electrons. The maximum absolute atomic E-state index is 14.5. The number of benzene rings is 12. The molecular weight excluding hydrogens is 945 g/mol. The van der Waals surface area contributed by atoms with Gasteiger partial charge in [-0.05, 0) is 98.0 Å². The minimum atomic E-state index is -1.60. The molecule has 0 saturated carbocycles. The predicted molar refractivity (Wildman–Crippen MR) is 315 cm³/mol. The average Bonchev–Trinajstić information content (AvgIpc) is 3.52. The quantitative estimate of drug-likeness (QED) is 0.0725. The summed E-state index contributed by atoms with van der Waals surface area (Å²) in [6.07, 6.45) is -0.143. The molecule has 2 amide bonds. The van der Waals surface area contributed by atoms with Crippen LogP contribution in [0, 0.1) is 0 Å². The van der Waals surface area contributed by atoms with E-state index in [9.17, 15) is 19.8 Å². The van der Waals surface area contributed by atoms with E-state index in [0.717, 1.165) is 98.0 Å². The van der Waals surface area contributed by atoms with Crippen molar-refractivity contribution in [2.24, 2.45) is 0 Å². The van der Waals surface area contributed by atoms with Crippen molar-refractivity contribution in [1.82, 2.24) is 10.6 Å². The largest absolute Gasteiger partial charge is 0.387 e. The van der Waals surface area contributed by atoms with Gasteiger partial charge >= 0.3 is 0 Å². The Labute approximate surface area is 448 Å². The van der Waals surface area contributed by atoms with E-state index in [1.165, 1.54) is 0 Å². The summed E-state index contributed by atoms with van der Waals surface area (Å²) in [6.45, 7) is -0.326. The monoisotopic (exact) mass is 1000 g/mol. The minimum Gasteiger partial charge on any atom is -0.387 e. The molecule has 0 fully saturated rings. The van der Waals surface area contributed by atoms with Gasteiger partial charge < -0.3 is 20.8 Å². The summed E-state index contributed by atoms with van der Waals surface area (Å²) in [4.78, 5) is 28.9. The Balaban J connectivity index is 0.886. The van der Waals surface area contributed by atoms with E-state index in [1.807, 2.05) is 97.1 Å². The fourth-order valence-electron chi connectivity index (χ4n) is 12.0. The number of carbonyl (C=O) groups is 2. The SMILES string of the molecule is O=C(CC(=O)NCC(O)(Cc1ccc2ccccc2c1)C(c1ccc2ccccc2c1)c1cccc2ccccc12)NCC(O)(Cc1ccc2ccccc2c1)C(c1ccc2ccccc2c1)c1cccc2ccccc12. The van der Waals surface area contributed by atoms with Crippen molar-refractivity contribution in [3.63, 3.8) is 0 Å². The van der Waals surface area contributed by atoms with E-state index >= 15 is 0 Å². The first kappa shape index (κ1) is 49.0. The summed E-state index contributed by atoms with van der Waals surface area (Å²) < 4.78 is 0. The predicted octanol–water partition coefficient (Wildman–Crippen LogP) is 14.1. The van der Waals surface area contributed by atoms with Gasteiger partial charge in [0.1, 0.15) is 6.42 Å². The molecule has 0 aromatic heterocycles. The number of amides is 2. The molecular formula is C71H58N2O4. The fourth-order valence-corrected chi connectivity index (χ4v) is 12.0. The third-order valence-corrected chi connectivity index (χ3v) is 15.7. The number of carbonyl (C=O) groups excluding carboxylic acids is 2. The average molecular weight is 1000 g/mol. The highest BCUT2D eigenvalue weighted by atomic mass is 16.3. The lowest BCUT2D eigenvalue weighted by Crippen LogP contribution is -2.51. The van der Waals surface area contributed by atoms with Crippen LogP contribution in [0.25, 0.3) is 64.6 Å². The number of aliphatic hydroxyl groups is 2. The van der Waals surface area contributed by atoms with Gasteiger partial charge in [-0.15, -0.1) is 0 Å². The molecule has 6 heteroatoms. The molecule has 0 spiro atoms. The van der Waals surface area contributed by atoms with Crippen molar-refractivity contribution in [1.29, 1.82) is 0 Å². The Morgan fingerprint density at radius 2 is 0.649 bits per heavy atom. The Kier molecular flexibility index (Phi) is 13.4. The standard InChI is InChI=1S/C71H58N2O4/c74-66(72-46-70(76,44-48-31-33-50-15-1-5-21-56(50)39-48)68(60-37-35-52-17-3-7-23-58(52)41-60)64-29-13-25-54-19-9-11-27-62(54)64)43-67(75)73-47-71(77,45-49-32-34-51-16-2-6-22-57(51)40-49)69(61-38-36-53-18-4-8-24-59(53)42-61)65-30-14-26-55-20-10-12-28-63(55)65/h1-42,68-69,76-77H,43-47H2,(H,72,74)(H,73,75). The summed E-state index contributed by atoms with van der Waals surface area (Å²) in [5.74, 6) is -2.34. The van der Waals surface area contributed by atoms with Gasteiger partial charge in [-0.3, -0.25) is 9.59 Å². The van der Waals surface area contributed by atoms with Crippen molar-refractivity contribution in [2.75, 3.05) is 13.1 Å². The molecule has 0 aliphatic carbocycles. The third-order valence-electron chi connectivity index (χ3n) is 15.7. The van der Waals surface area contributed by atoms with Crippen molar-refractivity contribution in [2.45, 2.75) is 42.3 Å². The van der Waals surface area contributed by atoms with Crippen molar-refractivity contribution >= 4 is 76.4 Å². The van der Waals surface area contributed by atoms with Crippen molar-refractivity contribution < 1.29 is 19.8 Å². The smallest absolute Gasteiger partial charge is 0.229 e. The van der Waals surface area contributed by atoms with Crippen LogP contribution in [-0.2, 0) is 22.4 Å². The number of hydrogen-bond acceptors (Lipinski definition) is 4. The van der Waals surface area contributed by atoms with Crippen LogP contribution in [-0.4, -0.2) is 46.3 Å². The molecule has 77 heavy (non-hydrogen) atoms. The van der Waals surface area contributed by atoms with Crippen LogP contribution in [0.2, 0.25) is 0 Å². The molecule has 4 atom stereocenters. The summed E-state index contributed by atoms with van der Waals surface area (Å²) in [7, 11) is 0. The second kappa shape index (κ2) is 21.0. The van der Waals surface area contributed by atoms with Gasteiger partial charge in [0.2, 0.25) is 11.8 Å². The summed E-state index contributed by atoms with van der Waals surface area (Å²) in [5, 5.41) is 46.1. The molecule has 12 aromatic carbocycles. The fraction of sp³-hybridized carbons (Fsp3) is 0.127. The maximum Gasteiger partial charge on any atom is 0.229 e. The van der Waals surface area contributed by atoms with E-state index in [0.29, 0.717) is 0 Å². The lowest BCUT2D eigenvalue weighted by Gasteiger charge is -2.39. The van der Waals surface area contributed by atoms with Crippen LogP contribution in [0.3, 0.4) is 0 Å². The van der Waals surface area contributed by atoms with Gasteiger partial charge in [-0.1, -0.05) is 255 Å². The number of hydrogen-bond donors (Lipinski definition) is 4. The van der Waals surface area contributed by atoms with Crippen LogP contribution < -0.4 is 10.6 Å². The van der Waals surface area contributed by atoms with Gasteiger partial charge in [0.05, 0.1) is 11.2 Å². The highest BCUT2D eigenvalue weighted by molar-refractivity contribution is 5.97. The van der Waals surface area contributed by atoms with E-state index < -0.39 is 41.3 Å². The number of fused-ring (bicyclic) bond motifs is 6. The van der Waals surface area contributed by atoms with Gasteiger partial charge in [0.15, 0.2) is 0 Å². The normalized spacial score (nSPS) is 14.1. The molecule has 12 aromatic rings. The van der Waals surface area contributed by atoms with E-state index in [4.69, 9.17) is 0 Å². The van der Waals surface area contributed by atoms with Crippen LogP contribution in [0.4, 0.5) is 0 Å². The third kappa shape index (κ3) is 10.2. The molecule has 0 aliphatic heterocycles. The number of nitrogens with one attached hydrogen (secondary N) is 2. The van der Waals surface area contributed by atoms with E-state index in [1.54, 1.807) is 0 Å². The van der Waals surface area contributed by atoms with Gasteiger partial charge in [0, 0.05) is 37.8 Å². The molecule has 6 nitrogen and oxygen atoms in total. The van der Waals surface area contributed by atoms with Crippen molar-refractivity contribution in [3.8, 4) is 0 Å². The molecule has 0 radical (unpaired) electrons. The molecule has 0 aliphatic rings. The zero-order chi connectivity index (χ0) is 52.3. The summed E-state index contributed by atoms with van der Waals surface area (Å²) in [6, 6.07) is 86.6. The minimum absolute atomic E-state index is 0.163. The number of rotatable bonds is 16. The summed E-state index contributed by atoms with van der Waals surface area (Å²) >= 11 is 0. The highest BCUT2D eigenvalue weighted by Gasteiger charge is 2.42. The van der Waals surface area contributed by atoms with Crippen LogP contribution in [0.1, 0.15) is 51.6 Å². The van der Waals surface area contributed by atoms with Gasteiger partial charge in [0.25, 0.3) is 0 Å². The topological polar surface area (TPSA) is 98.7 Å². The molecule has 0 heterocycles. The molecule has 4 N–H and O–H groups in total. The Bertz CT molecular complexity index is 3890. The van der Waals surface area contributed by atoms with E-state index in [2.05, 4.69) is 168 Å². The van der Waals surface area contributed by atoms with Gasteiger partial charge in [-0.2, -0.15) is 0 Å². The lowest BCUT2D eigenvalue weighted by atomic mass is 9.72. The van der Waals surface area contributed by atoms with Crippen LogP contribution >= 0.6 is 0 Å². The first-order valence-electron chi connectivity index (χ1n) is 26.5. The van der Waals surface area contributed by atoms with Crippen molar-refractivity contribution in [3.05, 3.63) is 288 Å². The second-order valence-electron chi connectivity index (χ2n) is 20.9. The zero-order valence-corrected chi connectivity index (χ0v) is 42.6. The van der Waals surface area contributed by atoms with Crippen LogP contribution in [0.5, 0.6) is 0 Å². The van der Waals surface area contributed by atoms with E-state index in [-0.39, 0.29) is 25.9 Å². The lowest BCUT2D eigenvalue weighted by molar-refractivity contribution is -0.130. The molecule has 0 saturated heterocycles. The van der Waals surface area contributed by atoms with Gasteiger partial charge in [-0.25, -0.2) is 0 Å². The second-order valence-corrected chi connectivity index (χ2v) is 20.9. The Morgan fingerprint density at radius 1 is 0.338 bits per heavy atom. The maximum atomic E-state index is 14.5. The molecule has 4 unspecified atom stereocenters. The molecule has 12 rings (SSSR count). The first-order chi connectivity index (χ1) is 37.7. The molecule has 0 bridgehead atoms. The first-order valence-corrected chi connectivity index (χ1v) is 26.5. The highest BCUT2D eigenvalue weighted by Crippen LogP contribution is 2.44.